The van der Waals surface area contributed by atoms with Gasteiger partial charge >= 0.3 is 0 Å². The van der Waals surface area contributed by atoms with Crippen molar-refractivity contribution in [1.29, 1.82) is 0 Å². The van der Waals surface area contributed by atoms with Gasteiger partial charge in [0.25, 0.3) is 0 Å². The quantitative estimate of drug-likeness (QED) is 0.432. The second kappa shape index (κ2) is 8.24. The number of hydrogen-bond acceptors (Lipinski definition) is 2. The third kappa shape index (κ3) is 6.32. The van der Waals surface area contributed by atoms with Crippen LogP contribution in [-0.4, -0.2) is 37.5 Å². The number of benzene rings is 1. The van der Waals surface area contributed by atoms with E-state index in [0.717, 1.165) is 0 Å². The first-order chi connectivity index (χ1) is 12.0. The Morgan fingerprint density at radius 2 is 1.04 bits per heavy atom. The summed E-state index contributed by atoms with van der Waals surface area (Å²) in [7, 11) is 7.81. The molecule has 0 aromatic heterocycles. The van der Waals surface area contributed by atoms with Crippen LogP contribution >= 0.6 is 8.22 Å². The molecule has 0 N–H and O–H groups in total. The molecule has 152 valence electrons. The van der Waals surface area contributed by atoms with E-state index in [1.165, 1.54) is 22.3 Å². The molecule has 0 aliphatic carbocycles. The maximum absolute atomic E-state index is 3.63. The van der Waals surface area contributed by atoms with Gasteiger partial charge in [-0.15, -0.1) is 0 Å². The van der Waals surface area contributed by atoms with Gasteiger partial charge in [0.05, 0.1) is 0 Å². The molecule has 0 fully saturated rings. The van der Waals surface area contributed by atoms with Gasteiger partial charge in [0.15, 0.2) is 0 Å². The topological polar surface area (TPSA) is 6.48 Å². The highest BCUT2D eigenvalue weighted by Crippen LogP contribution is 2.40. The summed E-state index contributed by atoms with van der Waals surface area (Å²) in [4.78, 5) is 0. The van der Waals surface area contributed by atoms with Gasteiger partial charge in [-0.05, 0) is 66.8 Å². The molecule has 0 amide bonds. The van der Waals surface area contributed by atoms with Gasteiger partial charge in [0.1, 0.15) is 8.22 Å². The van der Waals surface area contributed by atoms with Crippen LogP contribution in [0.15, 0.2) is 12.1 Å². The van der Waals surface area contributed by atoms with Gasteiger partial charge in [-0.25, -0.2) is 0 Å². The third-order valence-electron chi connectivity index (χ3n) is 4.66. The molecule has 0 spiro atoms. The summed E-state index contributed by atoms with van der Waals surface area (Å²) in [5.74, 6) is 3.63. The number of rotatable bonds is 2. The Morgan fingerprint density at radius 1 is 0.667 bits per heavy atom. The Hall–Kier alpha value is -0.870. The lowest BCUT2D eigenvalue weighted by molar-refractivity contribution is 0.546. The second-order valence-corrected chi connectivity index (χ2v) is 13.3. The first-order valence-electron chi connectivity index (χ1n) is 9.82. The van der Waals surface area contributed by atoms with Crippen LogP contribution in [0.3, 0.4) is 0 Å². The van der Waals surface area contributed by atoms with Crippen LogP contribution in [0.25, 0.3) is 0 Å². The van der Waals surface area contributed by atoms with E-state index in [4.69, 9.17) is 0 Å². The Morgan fingerprint density at radius 3 is 1.30 bits per heavy atom. The molecule has 0 saturated heterocycles. The molecular weight excluding hydrogens is 347 g/mol. The highest BCUT2D eigenvalue weighted by Gasteiger charge is 2.28. The molecule has 0 heterocycles. The molecule has 0 aliphatic heterocycles. The van der Waals surface area contributed by atoms with Crippen molar-refractivity contribution >= 4 is 8.22 Å². The summed E-state index contributed by atoms with van der Waals surface area (Å²) < 4.78 is 4.44. The van der Waals surface area contributed by atoms with E-state index in [1.54, 1.807) is 0 Å². The summed E-state index contributed by atoms with van der Waals surface area (Å²) in [5.41, 5.74) is 9.13. The molecule has 0 saturated carbocycles. The standard InChI is InChI=1S/C24H41N2P/c1-22(2,3)18-16-20(23(4,5)6)19(21(17-18)24(7,8)9)14-15-27(25(10)11)26(12)13/h16-17H,1-13H3. The van der Waals surface area contributed by atoms with Crippen molar-refractivity contribution in [3.05, 3.63) is 34.4 Å². The van der Waals surface area contributed by atoms with Crippen molar-refractivity contribution in [3.8, 4) is 11.6 Å². The summed E-state index contributed by atoms with van der Waals surface area (Å²) >= 11 is 0. The lowest BCUT2D eigenvalue weighted by atomic mass is 9.72. The minimum Gasteiger partial charge on any atom is -0.266 e. The lowest BCUT2D eigenvalue weighted by Crippen LogP contribution is -2.23. The lowest BCUT2D eigenvalue weighted by Gasteiger charge is -2.32. The van der Waals surface area contributed by atoms with Gasteiger partial charge in [0.2, 0.25) is 0 Å². The predicted octanol–water partition coefficient (Wildman–Crippen LogP) is 6.32. The largest absolute Gasteiger partial charge is 0.266 e. The minimum absolute atomic E-state index is 0.0459. The van der Waals surface area contributed by atoms with E-state index in [1.807, 2.05) is 0 Å². The molecule has 0 unspecified atom stereocenters. The van der Waals surface area contributed by atoms with Crippen LogP contribution in [0.2, 0.25) is 0 Å². The molecule has 3 heteroatoms. The van der Waals surface area contributed by atoms with Crippen LogP contribution < -0.4 is 0 Å². The third-order valence-corrected chi connectivity index (χ3v) is 6.49. The van der Waals surface area contributed by atoms with Gasteiger partial charge in [-0.1, -0.05) is 80.4 Å². The van der Waals surface area contributed by atoms with E-state index in [9.17, 15) is 0 Å². The van der Waals surface area contributed by atoms with E-state index in [-0.39, 0.29) is 16.2 Å². The fraction of sp³-hybridized carbons (Fsp3) is 0.667. The van der Waals surface area contributed by atoms with Crippen LogP contribution in [-0.2, 0) is 16.2 Å². The van der Waals surface area contributed by atoms with Crippen molar-refractivity contribution < 1.29 is 0 Å². The van der Waals surface area contributed by atoms with Gasteiger partial charge in [-0.2, -0.15) is 0 Å². The van der Waals surface area contributed by atoms with Crippen molar-refractivity contribution in [2.75, 3.05) is 28.2 Å². The molecule has 27 heavy (non-hydrogen) atoms. The van der Waals surface area contributed by atoms with E-state index in [0.29, 0.717) is 0 Å². The SMILES string of the molecule is CN(C)P(C#Cc1c(C(C)(C)C)cc(C(C)(C)C)cc1C(C)(C)C)N(C)C. The Bertz CT molecular complexity index is 671. The first-order valence-corrected chi connectivity index (χ1v) is 11.1. The van der Waals surface area contributed by atoms with Crippen molar-refractivity contribution in [1.82, 2.24) is 9.34 Å². The van der Waals surface area contributed by atoms with Gasteiger partial charge in [-0.3, -0.25) is 9.34 Å². The highest BCUT2D eigenvalue weighted by molar-refractivity contribution is 7.58. The number of nitrogens with zero attached hydrogens (tertiary/aromatic N) is 2. The first kappa shape index (κ1) is 24.2. The Balaban J connectivity index is 3.86. The van der Waals surface area contributed by atoms with Crippen molar-refractivity contribution in [2.45, 2.75) is 78.6 Å². The average molecular weight is 389 g/mol. The summed E-state index contributed by atoms with van der Waals surface area (Å²) in [6.45, 7) is 20.7. The molecule has 1 rings (SSSR count). The maximum Gasteiger partial charge on any atom is 0.121 e. The maximum atomic E-state index is 3.63. The molecule has 2 nitrogen and oxygen atoms in total. The smallest absolute Gasteiger partial charge is 0.121 e. The molecular formula is C24H41N2P. The van der Waals surface area contributed by atoms with Crippen LogP contribution in [0.5, 0.6) is 0 Å². The Labute approximate surface area is 170 Å². The Kier molecular flexibility index (Phi) is 7.38. The fourth-order valence-electron chi connectivity index (χ4n) is 3.06. The monoisotopic (exact) mass is 388 g/mol. The summed E-state index contributed by atoms with van der Waals surface area (Å²) in [6.07, 6.45) is 0. The molecule has 0 radical (unpaired) electrons. The zero-order valence-corrected chi connectivity index (χ0v) is 20.9. The highest BCUT2D eigenvalue weighted by atomic mass is 31.1. The van der Waals surface area contributed by atoms with E-state index < -0.39 is 8.22 Å². The van der Waals surface area contributed by atoms with E-state index in [2.05, 4.69) is 124 Å². The van der Waals surface area contributed by atoms with Crippen molar-refractivity contribution in [3.63, 3.8) is 0 Å². The zero-order valence-electron chi connectivity index (χ0n) is 20.0. The van der Waals surface area contributed by atoms with Crippen LogP contribution in [0.1, 0.15) is 84.6 Å². The van der Waals surface area contributed by atoms with Gasteiger partial charge in [0, 0.05) is 5.56 Å². The fourth-order valence-corrected chi connectivity index (χ4v) is 4.38. The van der Waals surface area contributed by atoms with E-state index >= 15 is 0 Å². The van der Waals surface area contributed by atoms with Crippen LogP contribution in [0.4, 0.5) is 0 Å². The molecule has 0 atom stereocenters. The minimum atomic E-state index is -0.624. The average Bonchev–Trinajstić information content (AvgIpc) is 2.42. The van der Waals surface area contributed by atoms with Crippen molar-refractivity contribution in [2.24, 2.45) is 0 Å². The molecule has 1 aromatic rings. The number of hydrogen-bond donors (Lipinski definition) is 0. The molecule has 0 aliphatic rings. The van der Waals surface area contributed by atoms with Gasteiger partial charge < -0.3 is 0 Å². The predicted molar refractivity (Wildman–Crippen MR) is 124 cm³/mol. The van der Waals surface area contributed by atoms with Crippen LogP contribution in [0, 0.1) is 11.6 Å². The zero-order chi connectivity index (χ0) is 21.4. The molecule has 1 aromatic carbocycles. The normalized spacial score (nSPS) is 13.3. The molecule has 0 bridgehead atoms. The second-order valence-electron chi connectivity index (χ2n) is 10.9. The summed E-state index contributed by atoms with van der Waals surface area (Å²) in [6, 6.07) is 4.79. The summed E-state index contributed by atoms with van der Waals surface area (Å²) in [5, 5.41) is 0.